The normalized spacial score (nSPS) is 25.5. The summed E-state index contributed by atoms with van der Waals surface area (Å²) in [6.45, 7) is 0.220. The molecular formula is C24H26F3N3O2. The van der Waals surface area contributed by atoms with Gasteiger partial charge in [0, 0.05) is 25.7 Å². The maximum Gasteiger partial charge on any atom is 0.321 e. The molecule has 170 valence electrons. The van der Waals surface area contributed by atoms with Gasteiger partial charge in [0.2, 0.25) is 0 Å². The molecule has 2 aromatic rings. The van der Waals surface area contributed by atoms with Crippen molar-refractivity contribution >= 4 is 11.6 Å². The van der Waals surface area contributed by atoms with E-state index in [0.717, 1.165) is 18.2 Å². The molecule has 4 rings (SSSR count). The quantitative estimate of drug-likeness (QED) is 0.760. The first kappa shape index (κ1) is 22.4. The molecule has 0 aliphatic carbocycles. The summed E-state index contributed by atoms with van der Waals surface area (Å²) in [4.78, 5) is 16.4. The number of hydrogen-bond donors (Lipinski definition) is 2. The number of aliphatic hydroxyl groups is 1. The van der Waals surface area contributed by atoms with Gasteiger partial charge in [0.05, 0.1) is 12.6 Å². The number of benzene rings is 2. The standard InChI is InChI=1S/C24H26F3N3O2/c1-29(22-9-10-28-13-21(22)27)23(32)30-14-16(19-11-18(25)7-8-20(19)26)12-24(30,15-31)17-5-3-2-4-6-17/h2-8,11-12,21-22,28,31H,9-10,13-15H2,1H3/t21-,22-,24+/m0/s1. The Morgan fingerprint density at radius 3 is 2.69 bits per heavy atom. The van der Waals surface area contributed by atoms with Crippen LogP contribution < -0.4 is 5.32 Å². The predicted octanol–water partition coefficient (Wildman–Crippen LogP) is 3.30. The van der Waals surface area contributed by atoms with Crippen molar-refractivity contribution in [3.05, 3.63) is 77.4 Å². The highest BCUT2D eigenvalue weighted by Gasteiger charge is 2.47. The van der Waals surface area contributed by atoms with Gasteiger partial charge in [-0.3, -0.25) is 0 Å². The van der Waals surface area contributed by atoms with Crippen molar-refractivity contribution in [1.82, 2.24) is 15.1 Å². The summed E-state index contributed by atoms with van der Waals surface area (Å²) in [7, 11) is 1.54. The summed E-state index contributed by atoms with van der Waals surface area (Å²) < 4.78 is 43.0. The molecule has 32 heavy (non-hydrogen) atoms. The fourth-order valence-electron chi connectivity index (χ4n) is 4.63. The Kier molecular flexibility index (Phi) is 6.26. The van der Waals surface area contributed by atoms with Gasteiger partial charge in [-0.2, -0.15) is 0 Å². The van der Waals surface area contributed by atoms with Gasteiger partial charge >= 0.3 is 6.03 Å². The lowest BCUT2D eigenvalue weighted by Crippen LogP contribution is -2.58. The lowest BCUT2D eigenvalue weighted by atomic mass is 9.89. The zero-order chi connectivity index (χ0) is 22.9. The molecule has 1 saturated heterocycles. The Morgan fingerprint density at radius 2 is 2.00 bits per heavy atom. The highest BCUT2D eigenvalue weighted by Crippen LogP contribution is 2.41. The van der Waals surface area contributed by atoms with E-state index in [-0.39, 0.29) is 18.7 Å². The third-order valence-corrected chi connectivity index (χ3v) is 6.42. The number of nitrogens with one attached hydrogen (secondary N) is 1. The SMILES string of the molecule is CN(C(=O)N1CC(c2cc(F)ccc2F)=C[C@@]1(CO)c1ccccc1)[C@H]1CCNC[C@@H]1F. The minimum Gasteiger partial charge on any atom is -0.393 e. The number of carbonyl (C=O) groups is 1. The molecule has 2 aromatic carbocycles. The van der Waals surface area contributed by atoms with E-state index < -0.39 is 42.0 Å². The van der Waals surface area contributed by atoms with E-state index in [1.807, 2.05) is 0 Å². The van der Waals surface area contributed by atoms with Crippen LogP contribution in [0.5, 0.6) is 0 Å². The molecular weight excluding hydrogens is 419 g/mol. The molecule has 2 N–H and O–H groups in total. The van der Waals surface area contributed by atoms with E-state index >= 15 is 0 Å². The van der Waals surface area contributed by atoms with Gasteiger partial charge in [-0.15, -0.1) is 0 Å². The second kappa shape index (κ2) is 8.96. The zero-order valence-corrected chi connectivity index (χ0v) is 17.8. The van der Waals surface area contributed by atoms with E-state index in [1.54, 1.807) is 43.5 Å². The fraction of sp³-hybridized carbons (Fsp3) is 0.375. The van der Waals surface area contributed by atoms with Crippen molar-refractivity contribution in [3.63, 3.8) is 0 Å². The molecule has 0 bridgehead atoms. The monoisotopic (exact) mass is 445 g/mol. The van der Waals surface area contributed by atoms with E-state index in [1.165, 1.54) is 9.80 Å². The van der Waals surface area contributed by atoms with Crippen LogP contribution in [0.15, 0.2) is 54.6 Å². The number of aliphatic hydroxyl groups excluding tert-OH is 1. The first-order chi connectivity index (χ1) is 15.4. The maximum atomic E-state index is 14.6. The Morgan fingerprint density at radius 1 is 1.25 bits per heavy atom. The minimum absolute atomic E-state index is 0.0296. The molecule has 0 radical (unpaired) electrons. The van der Waals surface area contributed by atoms with Crippen LogP contribution in [0.25, 0.3) is 5.57 Å². The fourth-order valence-corrected chi connectivity index (χ4v) is 4.63. The summed E-state index contributed by atoms with van der Waals surface area (Å²) in [6.07, 6.45) is 0.836. The molecule has 3 atom stereocenters. The first-order valence-corrected chi connectivity index (χ1v) is 10.6. The summed E-state index contributed by atoms with van der Waals surface area (Å²) in [5.41, 5.74) is -0.261. The summed E-state index contributed by atoms with van der Waals surface area (Å²) >= 11 is 0. The molecule has 0 unspecified atom stereocenters. The number of hydrogen-bond acceptors (Lipinski definition) is 3. The Balaban J connectivity index is 1.77. The molecule has 2 amide bonds. The van der Waals surface area contributed by atoms with Crippen molar-refractivity contribution in [3.8, 4) is 0 Å². The molecule has 1 fully saturated rings. The van der Waals surface area contributed by atoms with Crippen LogP contribution in [-0.4, -0.2) is 66.4 Å². The third-order valence-electron chi connectivity index (χ3n) is 6.42. The van der Waals surface area contributed by atoms with Gasteiger partial charge in [-0.25, -0.2) is 18.0 Å². The summed E-state index contributed by atoms with van der Waals surface area (Å²) in [6, 6.07) is 10.9. The van der Waals surface area contributed by atoms with E-state index in [9.17, 15) is 23.1 Å². The van der Waals surface area contributed by atoms with Crippen molar-refractivity contribution in [2.75, 3.05) is 33.3 Å². The van der Waals surface area contributed by atoms with Crippen molar-refractivity contribution < 1.29 is 23.1 Å². The predicted molar refractivity (Wildman–Crippen MR) is 116 cm³/mol. The van der Waals surface area contributed by atoms with Crippen LogP contribution in [0.3, 0.4) is 0 Å². The maximum absolute atomic E-state index is 14.6. The second-order valence-electron chi connectivity index (χ2n) is 8.30. The van der Waals surface area contributed by atoms with Crippen LogP contribution in [0.2, 0.25) is 0 Å². The number of urea groups is 1. The van der Waals surface area contributed by atoms with Gasteiger partial charge in [0.25, 0.3) is 0 Å². The molecule has 0 aromatic heterocycles. The average molecular weight is 445 g/mol. The molecule has 2 aliphatic rings. The van der Waals surface area contributed by atoms with Crippen molar-refractivity contribution in [2.24, 2.45) is 0 Å². The molecule has 2 aliphatic heterocycles. The Labute approximate surface area is 185 Å². The third kappa shape index (κ3) is 3.89. The zero-order valence-electron chi connectivity index (χ0n) is 17.8. The Hall–Kier alpha value is -2.84. The lowest BCUT2D eigenvalue weighted by molar-refractivity contribution is 0.0600. The van der Waals surface area contributed by atoms with Gasteiger partial charge < -0.3 is 20.2 Å². The minimum atomic E-state index is -1.29. The number of halogens is 3. The second-order valence-corrected chi connectivity index (χ2v) is 8.30. The number of carbonyl (C=O) groups excluding carboxylic acids is 1. The van der Waals surface area contributed by atoms with Crippen LogP contribution >= 0.6 is 0 Å². The molecule has 8 heteroatoms. The number of nitrogens with zero attached hydrogens (tertiary/aromatic N) is 2. The van der Waals surface area contributed by atoms with Gasteiger partial charge in [0.15, 0.2) is 0 Å². The highest BCUT2D eigenvalue weighted by molar-refractivity contribution is 5.83. The van der Waals surface area contributed by atoms with Gasteiger partial charge in [-0.1, -0.05) is 30.3 Å². The van der Waals surface area contributed by atoms with E-state index in [4.69, 9.17) is 0 Å². The number of rotatable bonds is 4. The Bertz CT molecular complexity index is 1020. The van der Waals surface area contributed by atoms with Crippen molar-refractivity contribution in [2.45, 2.75) is 24.2 Å². The largest absolute Gasteiger partial charge is 0.393 e. The number of piperidine rings is 1. The van der Waals surface area contributed by atoms with Crippen LogP contribution in [-0.2, 0) is 5.54 Å². The molecule has 0 spiro atoms. The molecule has 2 heterocycles. The highest BCUT2D eigenvalue weighted by atomic mass is 19.1. The smallest absolute Gasteiger partial charge is 0.321 e. The first-order valence-electron chi connectivity index (χ1n) is 10.6. The van der Waals surface area contributed by atoms with Crippen LogP contribution in [0.4, 0.5) is 18.0 Å². The molecule has 5 nitrogen and oxygen atoms in total. The topological polar surface area (TPSA) is 55.8 Å². The van der Waals surface area contributed by atoms with Crippen LogP contribution in [0, 0.1) is 11.6 Å². The van der Waals surface area contributed by atoms with E-state index in [0.29, 0.717) is 24.1 Å². The van der Waals surface area contributed by atoms with Crippen molar-refractivity contribution in [1.29, 1.82) is 0 Å². The lowest BCUT2D eigenvalue weighted by Gasteiger charge is -2.42. The average Bonchev–Trinajstić information content (AvgIpc) is 3.21. The summed E-state index contributed by atoms with van der Waals surface area (Å²) in [5.74, 6) is -1.23. The van der Waals surface area contributed by atoms with Gasteiger partial charge in [0.1, 0.15) is 23.3 Å². The van der Waals surface area contributed by atoms with Crippen LogP contribution in [0.1, 0.15) is 17.5 Å². The molecule has 0 saturated carbocycles. The van der Waals surface area contributed by atoms with Gasteiger partial charge in [-0.05, 0) is 48.4 Å². The van der Waals surface area contributed by atoms with E-state index in [2.05, 4.69) is 5.32 Å². The number of alkyl halides is 1. The number of amides is 2. The summed E-state index contributed by atoms with van der Waals surface area (Å²) in [5, 5.41) is 13.5.